The predicted molar refractivity (Wildman–Crippen MR) is 75.2 cm³/mol. The van der Waals surface area contributed by atoms with Crippen LogP contribution in [-0.2, 0) is 6.61 Å². The first-order valence-corrected chi connectivity index (χ1v) is 7.39. The molecule has 1 aromatic carbocycles. The minimum Gasteiger partial charge on any atom is -0.488 e. The molecule has 0 spiro atoms. The highest BCUT2D eigenvalue weighted by molar-refractivity contribution is 8.27. The first-order chi connectivity index (χ1) is 9.17. The summed E-state index contributed by atoms with van der Waals surface area (Å²) in [6.45, 7) is 0.423. The van der Waals surface area contributed by atoms with Crippen LogP contribution in [0.4, 0.5) is 0 Å². The van der Waals surface area contributed by atoms with Crippen molar-refractivity contribution in [3.63, 3.8) is 0 Å². The Balaban J connectivity index is 1.84. The molecule has 2 heterocycles. The summed E-state index contributed by atoms with van der Waals surface area (Å²) >= 11 is 0. The highest BCUT2D eigenvalue weighted by Gasteiger charge is 2.23. The van der Waals surface area contributed by atoms with E-state index < -0.39 is 10.6 Å². The Hall–Kier alpha value is -1.82. The number of aromatic nitrogens is 1. The third-order valence-corrected chi connectivity index (χ3v) is 4.44. The lowest BCUT2D eigenvalue weighted by atomic mass is 10.2. The summed E-state index contributed by atoms with van der Waals surface area (Å²) < 4.78 is 25.4. The zero-order chi connectivity index (χ0) is 13.3. The van der Waals surface area contributed by atoms with Crippen LogP contribution in [0.1, 0.15) is 11.1 Å². The van der Waals surface area contributed by atoms with Crippen LogP contribution in [0.25, 0.3) is 6.08 Å². The summed E-state index contributed by atoms with van der Waals surface area (Å²) in [6, 6.07) is 9.07. The van der Waals surface area contributed by atoms with Crippen molar-refractivity contribution in [1.29, 1.82) is 0 Å². The van der Waals surface area contributed by atoms with Gasteiger partial charge in [0, 0.05) is 23.4 Å². The van der Waals surface area contributed by atoms with Crippen LogP contribution in [0.3, 0.4) is 0 Å². The van der Waals surface area contributed by atoms with Crippen molar-refractivity contribution < 1.29 is 13.8 Å². The number of rotatable bonds is 3. The van der Waals surface area contributed by atoms with E-state index in [-0.39, 0.29) is 0 Å². The van der Waals surface area contributed by atoms with Crippen LogP contribution in [0.2, 0.25) is 0 Å². The minimum absolute atomic E-state index is 0.423. The quantitative estimate of drug-likeness (QED) is 0.895. The summed E-state index contributed by atoms with van der Waals surface area (Å²) in [5.74, 6) is 0.656. The van der Waals surface area contributed by atoms with Crippen molar-refractivity contribution in [2.24, 2.45) is 0 Å². The molecule has 2 N–H and O–H groups in total. The fourth-order valence-corrected chi connectivity index (χ4v) is 3.20. The number of nitrogens with zero attached hydrogens (tertiary/aromatic N) is 1. The molecular weight excluding hydrogens is 262 g/mol. The molecule has 5 heteroatoms. The van der Waals surface area contributed by atoms with E-state index >= 15 is 0 Å². The second-order valence-corrected chi connectivity index (χ2v) is 6.11. The van der Waals surface area contributed by atoms with Gasteiger partial charge in [-0.1, -0.05) is 6.07 Å². The van der Waals surface area contributed by atoms with E-state index in [4.69, 9.17) is 4.74 Å². The Morgan fingerprint density at radius 1 is 1.11 bits per heavy atom. The monoisotopic (exact) mass is 275 g/mol. The topological polar surface area (TPSA) is 62.6 Å². The number of hydrogen-bond donors (Lipinski definition) is 2. The Morgan fingerprint density at radius 2 is 1.89 bits per heavy atom. The molecule has 2 aromatic rings. The number of fused-ring (bicyclic) bond motifs is 1. The molecule has 3 rings (SSSR count). The van der Waals surface area contributed by atoms with Crippen molar-refractivity contribution in [2.75, 3.05) is 0 Å². The van der Waals surface area contributed by atoms with Crippen molar-refractivity contribution in [3.8, 4) is 5.75 Å². The molecule has 0 amide bonds. The van der Waals surface area contributed by atoms with Crippen LogP contribution in [0.15, 0.2) is 53.0 Å². The maximum absolute atomic E-state index is 9.84. The Kier molecular flexibility index (Phi) is 3.02. The largest absolute Gasteiger partial charge is 0.488 e. The van der Waals surface area contributed by atoms with Gasteiger partial charge in [-0.05, 0) is 35.9 Å². The number of benzene rings is 1. The smallest absolute Gasteiger partial charge is 0.128 e. The normalized spacial score (nSPS) is 16.9. The second-order valence-electron chi connectivity index (χ2n) is 4.21. The molecule has 1 aliphatic rings. The van der Waals surface area contributed by atoms with E-state index in [0.29, 0.717) is 17.3 Å². The lowest BCUT2D eigenvalue weighted by Crippen LogP contribution is -1.98. The van der Waals surface area contributed by atoms with Gasteiger partial charge in [-0.15, -0.1) is 10.6 Å². The maximum atomic E-state index is 9.84. The zero-order valence-corrected chi connectivity index (χ0v) is 10.9. The highest BCUT2D eigenvalue weighted by atomic mass is 32.3. The molecule has 0 radical (unpaired) electrons. The lowest BCUT2D eigenvalue weighted by molar-refractivity contribution is 0.304. The van der Waals surface area contributed by atoms with Gasteiger partial charge >= 0.3 is 0 Å². The van der Waals surface area contributed by atoms with Crippen molar-refractivity contribution in [2.45, 2.75) is 11.5 Å². The van der Waals surface area contributed by atoms with Gasteiger partial charge in [0.05, 0.1) is 4.90 Å². The van der Waals surface area contributed by atoms with Gasteiger partial charge in [0.1, 0.15) is 12.4 Å². The van der Waals surface area contributed by atoms with Crippen LogP contribution in [0, 0.1) is 0 Å². The summed E-state index contributed by atoms with van der Waals surface area (Å²) in [5.41, 5.74) is 1.76. The summed E-state index contributed by atoms with van der Waals surface area (Å²) in [7, 11) is -2.78. The summed E-state index contributed by atoms with van der Waals surface area (Å²) in [4.78, 5) is 4.48. The van der Waals surface area contributed by atoms with Gasteiger partial charge < -0.3 is 4.74 Å². The third kappa shape index (κ3) is 2.35. The molecule has 98 valence electrons. The lowest BCUT2D eigenvalue weighted by Gasteiger charge is -2.25. The van der Waals surface area contributed by atoms with Crippen LogP contribution >= 0.6 is 10.6 Å². The Morgan fingerprint density at radius 3 is 2.68 bits per heavy atom. The van der Waals surface area contributed by atoms with E-state index in [2.05, 4.69) is 4.98 Å². The van der Waals surface area contributed by atoms with E-state index in [0.717, 1.165) is 11.1 Å². The highest BCUT2D eigenvalue weighted by Crippen LogP contribution is 2.57. The van der Waals surface area contributed by atoms with Crippen LogP contribution in [-0.4, -0.2) is 14.1 Å². The van der Waals surface area contributed by atoms with Crippen molar-refractivity contribution in [3.05, 3.63) is 59.3 Å². The van der Waals surface area contributed by atoms with Crippen molar-refractivity contribution in [1.82, 2.24) is 4.98 Å². The van der Waals surface area contributed by atoms with E-state index in [9.17, 15) is 9.11 Å². The maximum Gasteiger partial charge on any atom is 0.128 e. The first-order valence-electron chi connectivity index (χ1n) is 5.78. The number of ether oxygens (including phenoxy) is 1. The first kappa shape index (κ1) is 12.2. The van der Waals surface area contributed by atoms with E-state index in [1.54, 1.807) is 30.6 Å². The fraction of sp³-hybridized carbons (Fsp3) is 0.0714. The summed E-state index contributed by atoms with van der Waals surface area (Å²) in [5, 5.41) is 1.43. The average Bonchev–Trinajstić information content (AvgIpc) is 2.74. The van der Waals surface area contributed by atoms with Gasteiger partial charge in [-0.3, -0.25) is 14.1 Å². The average molecular weight is 275 g/mol. The minimum atomic E-state index is -2.78. The van der Waals surface area contributed by atoms with Crippen molar-refractivity contribution >= 4 is 16.7 Å². The number of pyridine rings is 1. The van der Waals surface area contributed by atoms with Gasteiger partial charge in [0.25, 0.3) is 0 Å². The van der Waals surface area contributed by atoms with Crippen LogP contribution < -0.4 is 4.74 Å². The molecule has 1 aromatic heterocycles. The molecule has 1 aliphatic heterocycles. The Labute approximate surface area is 112 Å². The molecule has 0 unspecified atom stereocenters. The fourth-order valence-electron chi connectivity index (χ4n) is 1.95. The molecule has 0 fully saturated rings. The van der Waals surface area contributed by atoms with E-state index in [1.807, 2.05) is 18.2 Å². The number of hydrogen-bond acceptors (Lipinski definition) is 4. The second kappa shape index (κ2) is 4.70. The van der Waals surface area contributed by atoms with Gasteiger partial charge in [0.2, 0.25) is 0 Å². The SMILES string of the molecule is OS1(O)C=Cc2c(OCc3ccncc3)cccc21. The van der Waals surface area contributed by atoms with E-state index in [1.165, 1.54) is 5.41 Å². The summed E-state index contributed by atoms with van der Waals surface area (Å²) in [6.07, 6.45) is 5.13. The third-order valence-electron chi connectivity index (χ3n) is 2.92. The molecule has 0 aliphatic carbocycles. The molecule has 0 bridgehead atoms. The van der Waals surface area contributed by atoms with Gasteiger partial charge in [-0.25, -0.2) is 0 Å². The van der Waals surface area contributed by atoms with Gasteiger partial charge in [0.15, 0.2) is 0 Å². The molecule has 0 saturated heterocycles. The standard InChI is InChI=1S/C14H13NO3S/c16-19(17)9-6-12-13(2-1-3-14(12)19)18-10-11-4-7-15-8-5-11/h1-9,16-17H,10H2. The van der Waals surface area contributed by atoms with Crippen LogP contribution in [0.5, 0.6) is 5.75 Å². The molecule has 19 heavy (non-hydrogen) atoms. The molecule has 0 saturated carbocycles. The molecular formula is C14H13NO3S. The molecule has 4 nitrogen and oxygen atoms in total. The predicted octanol–water partition coefficient (Wildman–Crippen LogP) is 3.75. The molecule has 0 atom stereocenters. The van der Waals surface area contributed by atoms with Gasteiger partial charge in [-0.2, -0.15) is 0 Å². The zero-order valence-electron chi connectivity index (χ0n) is 10.1. The Bertz CT molecular complexity index is 626.